The van der Waals surface area contributed by atoms with Crippen molar-refractivity contribution in [1.29, 1.82) is 0 Å². The first-order chi connectivity index (χ1) is 17.3. The number of carbonyl (C=O) groups is 3. The molecule has 2 aromatic heterocycles. The Bertz CT molecular complexity index is 1210. The van der Waals surface area contributed by atoms with E-state index in [0.717, 1.165) is 16.6 Å². The number of nitrogen functional groups attached to an aromatic ring is 2. The summed E-state index contributed by atoms with van der Waals surface area (Å²) in [6.45, 7) is 4.38. The van der Waals surface area contributed by atoms with E-state index in [0.29, 0.717) is 30.0 Å². The largest absolute Gasteiger partial charge is 0.466 e. The van der Waals surface area contributed by atoms with Gasteiger partial charge < -0.3 is 36.6 Å². The number of aromatic nitrogens is 3. The molecule has 12 heteroatoms. The number of fused-ring (bicyclic) bond motifs is 1. The van der Waals surface area contributed by atoms with Crippen molar-refractivity contribution in [2.24, 2.45) is 0 Å². The van der Waals surface area contributed by atoms with Crippen LogP contribution in [0.2, 0.25) is 0 Å². The summed E-state index contributed by atoms with van der Waals surface area (Å²) in [6, 6.07) is 5.86. The summed E-state index contributed by atoms with van der Waals surface area (Å²) in [4.78, 5) is 47.8. The molecule has 0 unspecified atom stereocenters. The second-order valence-corrected chi connectivity index (χ2v) is 7.88. The van der Waals surface area contributed by atoms with Crippen LogP contribution >= 0.6 is 0 Å². The first-order valence-electron chi connectivity index (χ1n) is 11.7. The number of benzene rings is 1. The maximum atomic E-state index is 12.7. The van der Waals surface area contributed by atoms with Crippen molar-refractivity contribution >= 4 is 46.3 Å². The molecule has 1 atom stereocenters. The highest BCUT2D eigenvalue weighted by Crippen LogP contribution is 2.23. The highest BCUT2D eigenvalue weighted by molar-refractivity contribution is 5.97. The standard InChI is InChI=1S/C24H31N7O5/c1-3-35-18(32)10-9-17(23(34)36-4-2)29-22(33)14-5-7-16(8-6-14)27-12-11-15-13-28-21-19(15)20(25)30-24(26)31-21/h5-8,13,17,27H,3-4,9-12H2,1-2H3,(H,29,33)(H5,25,26,28,30,31)/t17-/m1/s1. The van der Waals surface area contributed by atoms with Crippen LogP contribution in [0.4, 0.5) is 17.5 Å². The van der Waals surface area contributed by atoms with Gasteiger partial charge in [-0.1, -0.05) is 0 Å². The van der Waals surface area contributed by atoms with Crippen LogP contribution in [-0.4, -0.2) is 58.6 Å². The van der Waals surface area contributed by atoms with E-state index in [1.165, 1.54) is 0 Å². The summed E-state index contributed by atoms with van der Waals surface area (Å²) in [5.74, 6) is -1.05. The number of hydrogen-bond acceptors (Lipinski definition) is 10. The van der Waals surface area contributed by atoms with Crippen LogP contribution in [0.1, 0.15) is 42.6 Å². The molecule has 3 aromatic rings. The number of ether oxygens (including phenoxy) is 2. The molecule has 1 amide bonds. The quantitative estimate of drug-likeness (QED) is 0.231. The molecule has 0 bridgehead atoms. The highest BCUT2D eigenvalue weighted by atomic mass is 16.5. The molecular weight excluding hydrogens is 466 g/mol. The molecule has 0 aliphatic rings. The monoisotopic (exact) mass is 497 g/mol. The molecule has 0 aliphatic heterocycles. The van der Waals surface area contributed by atoms with Crippen molar-refractivity contribution in [2.45, 2.75) is 39.2 Å². The molecule has 3 rings (SSSR count). The van der Waals surface area contributed by atoms with E-state index in [1.54, 1.807) is 38.1 Å². The van der Waals surface area contributed by atoms with Crippen molar-refractivity contribution in [1.82, 2.24) is 20.3 Å². The van der Waals surface area contributed by atoms with E-state index in [9.17, 15) is 14.4 Å². The van der Waals surface area contributed by atoms with Crippen molar-refractivity contribution in [3.8, 4) is 0 Å². The van der Waals surface area contributed by atoms with Gasteiger partial charge in [0.25, 0.3) is 5.91 Å². The van der Waals surface area contributed by atoms with Gasteiger partial charge in [0.05, 0.1) is 18.6 Å². The van der Waals surface area contributed by atoms with Gasteiger partial charge in [0.2, 0.25) is 5.95 Å². The minimum Gasteiger partial charge on any atom is -0.466 e. The number of H-pyrrole nitrogens is 1. The van der Waals surface area contributed by atoms with E-state index in [1.807, 2.05) is 6.20 Å². The molecule has 2 heterocycles. The Morgan fingerprint density at radius 1 is 1.06 bits per heavy atom. The Morgan fingerprint density at radius 2 is 1.78 bits per heavy atom. The third-order valence-electron chi connectivity index (χ3n) is 5.35. The number of hydrogen-bond donors (Lipinski definition) is 5. The Balaban J connectivity index is 1.56. The minimum absolute atomic E-state index is 0.0119. The number of nitrogens with two attached hydrogens (primary N) is 2. The zero-order chi connectivity index (χ0) is 26.1. The normalized spacial score (nSPS) is 11.6. The van der Waals surface area contributed by atoms with Gasteiger partial charge in [-0.05, 0) is 56.5 Å². The Labute approximate surface area is 208 Å². The molecule has 1 aromatic carbocycles. The topological polar surface area (TPSA) is 187 Å². The number of esters is 2. The maximum Gasteiger partial charge on any atom is 0.328 e. The molecule has 0 spiro atoms. The van der Waals surface area contributed by atoms with Gasteiger partial charge in [0.15, 0.2) is 0 Å². The van der Waals surface area contributed by atoms with Crippen LogP contribution in [0.5, 0.6) is 0 Å². The number of amides is 1. The van der Waals surface area contributed by atoms with Crippen molar-refractivity contribution in [3.63, 3.8) is 0 Å². The third-order valence-corrected chi connectivity index (χ3v) is 5.35. The van der Waals surface area contributed by atoms with E-state index in [-0.39, 0.29) is 32.0 Å². The van der Waals surface area contributed by atoms with Gasteiger partial charge in [0.1, 0.15) is 17.5 Å². The first-order valence-corrected chi connectivity index (χ1v) is 11.7. The predicted molar refractivity (Wildman–Crippen MR) is 135 cm³/mol. The van der Waals surface area contributed by atoms with Crippen LogP contribution in [0.3, 0.4) is 0 Å². The Morgan fingerprint density at radius 3 is 2.47 bits per heavy atom. The second-order valence-electron chi connectivity index (χ2n) is 7.88. The fourth-order valence-corrected chi connectivity index (χ4v) is 3.65. The van der Waals surface area contributed by atoms with Gasteiger partial charge in [-0.15, -0.1) is 0 Å². The lowest BCUT2D eigenvalue weighted by atomic mass is 10.1. The van der Waals surface area contributed by atoms with Crippen LogP contribution in [-0.2, 0) is 25.5 Å². The van der Waals surface area contributed by atoms with E-state index in [4.69, 9.17) is 20.9 Å². The van der Waals surface area contributed by atoms with Gasteiger partial charge in [-0.2, -0.15) is 9.97 Å². The zero-order valence-electron chi connectivity index (χ0n) is 20.3. The smallest absolute Gasteiger partial charge is 0.328 e. The molecule has 0 fully saturated rings. The average Bonchev–Trinajstić information content (AvgIpc) is 3.25. The van der Waals surface area contributed by atoms with Crippen LogP contribution in [0.25, 0.3) is 11.0 Å². The molecule has 0 saturated heterocycles. The van der Waals surface area contributed by atoms with Gasteiger partial charge in [-0.25, -0.2) is 4.79 Å². The number of nitrogens with one attached hydrogen (secondary N) is 3. The summed E-state index contributed by atoms with van der Waals surface area (Å²) in [7, 11) is 0. The average molecular weight is 498 g/mol. The van der Waals surface area contributed by atoms with Crippen molar-refractivity contribution in [3.05, 3.63) is 41.6 Å². The summed E-state index contributed by atoms with van der Waals surface area (Å²) >= 11 is 0. The lowest BCUT2D eigenvalue weighted by Crippen LogP contribution is -2.42. The fraction of sp³-hybridized carbons (Fsp3) is 0.375. The minimum atomic E-state index is -0.956. The van der Waals surface area contributed by atoms with Crippen molar-refractivity contribution in [2.75, 3.05) is 36.5 Å². The Hall–Kier alpha value is -4.35. The number of aromatic amines is 1. The van der Waals surface area contributed by atoms with Gasteiger partial charge in [0, 0.05) is 30.4 Å². The Kier molecular flexibility index (Phi) is 9.03. The molecular formula is C24H31N7O5. The molecule has 12 nitrogen and oxygen atoms in total. The van der Waals surface area contributed by atoms with Crippen molar-refractivity contribution < 1.29 is 23.9 Å². The number of carbonyl (C=O) groups excluding carboxylic acids is 3. The molecule has 0 aliphatic carbocycles. The van der Waals surface area contributed by atoms with Gasteiger partial charge >= 0.3 is 11.9 Å². The fourth-order valence-electron chi connectivity index (χ4n) is 3.65. The van der Waals surface area contributed by atoms with E-state index < -0.39 is 23.9 Å². The molecule has 192 valence electrons. The highest BCUT2D eigenvalue weighted by Gasteiger charge is 2.24. The summed E-state index contributed by atoms with van der Waals surface area (Å²) in [5.41, 5.74) is 14.3. The second kappa shape index (κ2) is 12.4. The zero-order valence-corrected chi connectivity index (χ0v) is 20.3. The van der Waals surface area contributed by atoms with E-state index in [2.05, 4.69) is 25.6 Å². The van der Waals surface area contributed by atoms with Gasteiger partial charge in [-0.3, -0.25) is 9.59 Å². The van der Waals surface area contributed by atoms with Crippen LogP contribution < -0.4 is 22.1 Å². The lowest BCUT2D eigenvalue weighted by molar-refractivity contribution is -0.146. The number of rotatable bonds is 12. The maximum absolute atomic E-state index is 12.7. The summed E-state index contributed by atoms with van der Waals surface area (Å²) < 4.78 is 9.92. The molecule has 0 radical (unpaired) electrons. The first kappa shape index (κ1) is 26.3. The molecule has 0 saturated carbocycles. The van der Waals surface area contributed by atoms with Crippen LogP contribution in [0, 0.1) is 0 Å². The molecule has 36 heavy (non-hydrogen) atoms. The SMILES string of the molecule is CCOC(=O)CC[C@@H](NC(=O)c1ccc(NCCc2c[nH]c3nc(N)nc(N)c23)cc1)C(=O)OCC. The molecule has 7 N–H and O–H groups in total. The third kappa shape index (κ3) is 6.84. The summed E-state index contributed by atoms with van der Waals surface area (Å²) in [5, 5.41) is 6.68. The summed E-state index contributed by atoms with van der Waals surface area (Å²) in [6.07, 6.45) is 2.55. The predicted octanol–water partition coefficient (Wildman–Crippen LogP) is 1.78. The van der Waals surface area contributed by atoms with E-state index >= 15 is 0 Å². The lowest BCUT2D eigenvalue weighted by Gasteiger charge is -2.17. The van der Waals surface area contributed by atoms with Crippen LogP contribution in [0.15, 0.2) is 30.5 Å². The number of nitrogens with zero attached hydrogens (tertiary/aromatic N) is 2. The number of anilines is 3.